The molecule has 1 heterocycles. The second-order valence-electron chi connectivity index (χ2n) is 1.57. The van der Waals surface area contributed by atoms with E-state index in [9.17, 15) is 8.78 Å². The van der Waals surface area contributed by atoms with E-state index in [-0.39, 0.29) is 0 Å². The van der Waals surface area contributed by atoms with Gasteiger partial charge in [-0.05, 0) is 29.5 Å². The highest BCUT2D eigenvalue weighted by atomic mass is 32.2. The van der Waals surface area contributed by atoms with Crippen LogP contribution in [-0.2, 0) is 0 Å². The SMILES string of the molecule is C=C1C=C(F)SC(F)=C1. The molecule has 0 radical (unpaired) electrons. The molecule has 9 heavy (non-hydrogen) atoms. The summed E-state index contributed by atoms with van der Waals surface area (Å²) >= 11 is 0.473. The van der Waals surface area contributed by atoms with Crippen LogP contribution in [0, 0.1) is 0 Å². The lowest BCUT2D eigenvalue weighted by Crippen LogP contribution is -1.78. The Morgan fingerprint density at radius 1 is 1.22 bits per heavy atom. The van der Waals surface area contributed by atoms with Gasteiger partial charge in [-0.15, -0.1) is 0 Å². The fourth-order valence-corrected chi connectivity index (χ4v) is 1.09. The van der Waals surface area contributed by atoms with E-state index in [0.717, 1.165) is 0 Å². The molecule has 0 saturated heterocycles. The third-order valence-corrected chi connectivity index (χ3v) is 1.42. The average molecular weight is 146 g/mol. The molecule has 1 aliphatic heterocycles. The van der Waals surface area contributed by atoms with Crippen molar-refractivity contribution in [3.63, 3.8) is 0 Å². The second-order valence-corrected chi connectivity index (χ2v) is 2.56. The highest BCUT2D eigenvalue weighted by Gasteiger charge is 2.07. The molecule has 0 aromatic carbocycles. The van der Waals surface area contributed by atoms with Crippen molar-refractivity contribution in [2.45, 2.75) is 0 Å². The molecule has 0 N–H and O–H groups in total. The average Bonchev–Trinajstić information content (AvgIpc) is 1.59. The smallest absolute Gasteiger partial charge is 0.164 e. The van der Waals surface area contributed by atoms with Crippen LogP contribution in [0.5, 0.6) is 0 Å². The molecule has 1 aliphatic rings. The molecule has 0 saturated carbocycles. The summed E-state index contributed by atoms with van der Waals surface area (Å²) in [6.45, 7) is 3.37. The molecule has 0 aromatic heterocycles. The van der Waals surface area contributed by atoms with Gasteiger partial charge in [-0.2, -0.15) is 8.78 Å². The van der Waals surface area contributed by atoms with Gasteiger partial charge >= 0.3 is 0 Å². The maximum atomic E-state index is 12.2. The first kappa shape index (κ1) is 6.55. The predicted octanol–water partition coefficient (Wildman–Crippen LogP) is 2.91. The Bertz CT molecular complexity index is 183. The zero-order chi connectivity index (χ0) is 6.85. The van der Waals surface area contributed by atoms with Gasteiger partial charge in [-0.3, -0.25) is 0 Å². The van der Waals surface area contributed by atoms with E-state index in [4.69, 9.17) is 0 Å². The fraction of sp³-hybridized carbons (Fsp3) is 0. The summed E-state index contributed by atoms with van der Waals surface area (Å²) in [6.07, 6.45) is 2.38. The van der Waals surface area contributed by atoms with Crippen LogP contribution in [0.2, 0.25) is 0 Å². The van der Waals surface area contributed by atoms with Gasteiger partial charge in [0, 0.05) is 0 Å². The van der Waals surface area contributed by atoms with Crippen LogP contribution in [0.25, 0.3) is 0 Å². The van der Waals surface area contributed by atoms with Crippen molar-refractivity contribution >= 4 is 11.8 Å². The van der Waals surface area contributed by atoms with Crippen molar-refractivity contribution in [3.05, 3.63) is 34.6 Å². The summed E-state index contributed by atoms with van der Waals surface area (Å²) in [5.74, 6) is 0. The Kier molecular flexibility index (Phi) is 1.71. The van der Waals surface area contributed by atoms with E-state index in [2.05, 4.69) is 6.58 Å². The molecule has 0 spiro atoms. The molecular weight excluding hydrogens is 142 g/mol. The zero-order valence-electron chi connectivity index (χ0n) is 4.53. The van der Waals surface area contributed by atoms with Crippen LogP contribution >= 0.6 is 11.8 Å². The number of hydrogen-bond donors (Lipinski definition) is 0. The molecule has 48 valence electrons. The molecule has 0 fully saturated rings. The van der Waals surface area contributed by atoms with Crippen LogP contribution in [0.1, 0.15) is 0 Å². The predicted molar refractivity (Wildman–Crippen MR) is 35.1 cm³/mol. The van der Waals surface area contributed by atoms with Gasteiger partial charge in [0.1, 0.15) is 0 Å². The Labute approximate surface area is 55.9 Å². The van der Waals surface area contributed by atoms with Crippen LogP contribution in [0.15, 0.2) is 34.6 Å². The van der Waals surface area contributed by atoms with E-state index in [1.807, 2.05) is 0 Å². The third kappa shape index (κ3) is 1.68. The highest BCUT2D eigenvalue weighted by Crippen LogP contribution is 2.32. The van der Waals surface area contributed by atoms with Crippen molar-refractivity contribution in [2.24, 2.45) is 0 Å². The van der Waals surface area contributed by atoms with Crippen LogP contribution in [0.4, 0.5) is 8.78 Å². The van der Waals surface area contributed by atoms with E-state index >= 15 is 0 Å². The minimum absolute atomic E-state index is 0.365. The van der Waals surface area contributed by atoms with Crippen LogP contribution in [0.3, 0.4) is 0 Å². The standard InChI is InChI=1S/C6H4F2S/c1-4-2-5(7)9-6(8)3-4/h2-3H,1H2. The number of allylic oxidation sites excluding steroid dienone is 3. The van der Waals surface area contributed by atoms with Gasteiger partial charge < -0.3 is 0 Å². The van der Waals surface area contributed by atoms with Crippen molar-refractivity contribution in [1.29, 1.82) is 0 Å². The summed E-state index contributed by atoms with van der Waals surface area (Å²) in [7, 11) is 0. The largest absolute Gasteiger partial charge is 0.199 e. The van der Waals surface area contributed by atoms with E-state index in [1.54, 1.807) is 0 Å². The van der Waals surface area contributed by atoms with Gasteiger partial charge in [-0.25, -0.2) is 0 Å². The van der Waals surface area contributed by atoms with Gasteiger partial charge in [-0.1, -0.05) is 6.58 Å². The topological polar surface area (TPSA) is 0 Å². The highest BCUT2D eigenvalue weighted by molar-refractivity contribution is 8.06. The van der Waals surface area contributed by atoms with E-state index in [0.29, 0.717) is 17.3 Å². The molecular formula is C6H4F2S. The van der Waals surface area contributed by atoms with Crippen LogP contribution < -0.4 is 0 Å². The summed E-state index contributed by atoms with van der Waals surface area (Å²) < 4.78 is 24.3. The fourth-order valence-electron chi connectivity index (χ4n) is 0.485. The zero-order valence-corrected chi connectivity index (χ0v) is 5.34. The lowest BCUT2D eigenvalue weighted by molar-refractivity contribution is 0.676. The minimum Gasteiger partial charge on any atom is -0.199 e. The van der Waals surface area contributed by atoms with Gasteiger partial charge in [0.05, 0.1) is 0 Å². The molecule has 0 unspecified atom stereocenters. The van der Waals surface area contributed by atoms with Crippen molar-refractivity contribution in [2.75, 3.05) is 0 Å². The van der Waals surface area contributed by atoms with Crippen LogP contribution in [-0.4, -0.2) is 0 Å². The summed E-state index contributed by atoms with van der Waals surface area (Å²) in [5.41, 5.74) is 0.365. The molecule has 0 nitrogen and oxygen atoms in total. The molecule has 0 atom stereocenters. The van der Waals surface area contributed by atoms with E-state index in [1.165, 1.54) is 12.2 Å². The van der Waals surface area contributed by atoms with Crippen molar-refractivity contribution in [3.8, 4) is 0 Å². The Hall–Kier alpha value is -0.570. The maximum absolute atomic E-state index is 12.2. The quantitative estimate of drug-likeness (QED) is 0.506. The number of rotatable bonds is 0. The molecule has 0 amide bonds. The molecule has 0 aromatic rings. The normalized spacial score (nSPS) is 19.1. The first-order chi connectivity index (χ1) is 4.18. The summed E-state index contributed by atoms with van der Waals surface area (Å²) in [6, 6.07) is 0. The monoisotopic (exact) mass is 146 g/mol. The molecule has 0 aliphatic carbocycles. The van der Waals surface area contributed by atoms with E-state index < -0.39 is 10.3 Å². The van der Waals surface area contributed by atoms with Gasteiger partial charge in [0.2, 0.25) is 0 Å². The lowest BCUT2D eigenvalue weighted by atomic mass is 10.3. The Morgan fingerprint density at radius 2 is 1.67 bits per heavy atom. The Morgan fingerprint density at radius 3 is 2.00 bits per heavy atom. The van der Waals surface area contributed by atoms with Crippen molar-refractivity contribution in [1.82, 2.24) is 0 Å². The second kappa shape index (κ2) is 2.35. The third-order valence-electron chi connectivity index (χ3n) is 0.793. The number of thioether (sulfide) groups is 1. The lowest BCUT2D eigenvalue weighted by Gasteiger charge is -2.00. The van der Waals surface area contributed by atoms with Gasteiger partial charge in [0.25, 0.3) is 0 Å². The molecule has 1 rings (SSSR count). The summed E-state index contributed by atoms with van der Waals surface area (Å²) in [5, 5.41) is -1.08. The van der Waals surface area contributed by atoms with Gasteiger partial charge in [0.15, 0.2) is 10.3 Å². The summed E-state index contributed by atoms with van der Waals surface area (Å²) in [4.78, 5) is 0. The number of halogens is 2. The minimum atomic E-state index is -0.542. The van der Waals surface area contributed by atoms with Crippen molar-refractivity contribution < 1.29 is 8.78 Å². The first-order valence-corrected chi connectivity index (χ1v) is 3.11. The Balaban J connectivity index is 2.81. The molecule has 0 bridgehead atoms. The molecule has 3 heteroatoms. The first-order valence-electron chi connectivity index (χ1n) is 2.29. The maximum Gasteiger partial charge on any atom is 0.164 e. The number of hydrogen-bond acceptors (Lipinski definition) is 1.